The first-order valence-electron chi connectivity index (χ1n) is 8.87. The Bertz CT molecular complexity index is 1040. The fraction of sp³-hybridized carbons (Fsp3) is 0.250. The molecule has 0 aliphatic carbocycles. The normalized spacial score (nSPS) is 18.8. The number of amides is 1. The van der Waals surface area contributed by atoms with Gasteiger partial charge < -0.3 is 11.1 Å². The Balaban J connectivity index is 1.93. The average molecular weight is 458 g/mol. The molecule has 6 nitrogen and oxygen atoms in total. The molecule has 1 aliphatic heterocycles. The van der Waals surface area contributed by atoms with Crippen molar-refractivity contribution in [3.05, 3.63) is 63.8 Å². The summed E-state index contributed by atoms with van der Waals surface area (Å²) in [5.74, 6) is 1.01. The van der Waals surface area contributed by atoms with Crippen molar-refractivity contribution in [1.29, 1.82) is 0 Å². The standard InChI is InChI=1S/C20H20BrN5OS/c1-11-9-12(21)6-7-13(11)18-16-17(14-5-3-4-8-23-14)25-26(2)20(16)24-15(10-28-18)19(22)27/h3-9,15,18,24H,10H2,1-2H3,(H2,22,27)/t15-,18-/m0/s1. The fourth-order valence-corrected chi connectivity index (χ4v) is 5.41. The second-order valence-electron chi connectivity index (χ2n) is 6.76. The van der Waals surface area contributed by atoms with E-state index in [2.05, 4.69) is 45.3 Å². The number of hydrogen-bond donors (Lipinski definition) is 2. The maximum Gasteiger partial charge on any atom is 0.240 e. The molecule has 0 unspecified atom stereocenters. The summed E-state index contributed by atoms with van der Waals surface area (Å²) < 4.78 is 2.82. The van der Waals surface area contributed by atoms with Crippen LogP contribution in [0.3, 0.4) is 0 Å². The van der Waals surface area contributed by atoms with E-state index in [4.69, 9.17) is 10.8 Å². The van der Waals surface area contributed by atoms with Gasteiger partial charge in [0.2, 0.25) is 5.91 Å². The Hall–Kier alpha value is -2.32. The Morgan fingerprint density at radius 3 is 2.86 bits per heavy atom. The zero-order valence-corrected chi connectivity index (χ0v) is 17.9. The van der Waals surface area contributed by atoms with Crippen molar-refractivity contribution in [2.45, 2.75) is 18.2 Å². The second-order valence-corrected chi connectivity index (χ2v) is 8.82. The number of nitrogens with two attached hydrogens (primary N) is 1. The predicted octanol–water partition coefficient (Wildman–Crippen LogP) is 3.66. The molecule has 0 spiro atoms. The van der Waals surface area contributed by atoms with Gasteiger partial charge in [0.05, 0.1) is 10.9 Å². The van der Waals surface area contributed by atoms with Crippen LogP contribution in [0.15, 0.2) is 47.1 Å². The van der Waals surface area contributed by atoms with E-state index in [1.807, 2.05) is 31.3 Å². The molecule has 2 atom stereocenters. The Morgan fingerprint density at radius 2 is 2.18 bits per heavy atom. The minimum atomic E-state index is -0.462. The van der Waals surface area contributed by atoms with Gasteiger partial charge in [0, 0.05) is 29.0 Å². The van der Waals surface area contributed by atoms with Crippen molar-refractivity contribution < 1.29 is 4.79 Å². The molecule has 0 fully saturated rings. The summed E-state index contributed by atoms with van der Waals surface area (Å²) in [6, 6.07) is 11.6. The highest BCUT2D eigenvalue weighted by Gasteiger charge is 2.34. The lowest BCUT2D eigenvalue weighted by molar-refractivity contribution is -0.118. The van der Waals surface area contributed by atoms with Crippen LogP contribution in [-0.4, -0.2) is 32.5 Å². The van der Waals surface area contributed by atoms with Gasteiger partial charge in [0.15, 0.2) is 0 Å². The summed E-state index contributed by atoms with van der Waals surface area (Å²) in [5.41, 5.74) is 10.6. The number of carbonyl (C=O) groups is 1. The van der Waals surface area contributed by atoms with Crippen molar-refractivity contribution >= 4 is 39.4 Å². The number of aryl methyl sites for hydroxylation is 2. The van der Waals surface area contributed by atoms with Gasteiger partial charge in [-0.3, -0.25) is 14.5 Å². The van der Waals surface area contributed by atoms with Gasteiger partial charge in [0.25, 0.3) is 0 Å². The van der Waals surface area contributed by atoms with E-state index >= 15 is 0 Å². The van der Waals surface area contributed by atoms with Crippen molar-refractivity contribution in [2.75, 3.05) is 11.1 Å². The molecule has 0 radical (unpaired) electrons. The van der Waals surface area contributed by atoms with Gasteiger partial charge >= 0.3 is 0 Å². The average Bonchev–Trinajstić information content (AvgIpc) is 2.86. The van der Waals surface area contributed by atoms with Crippen LogP contribution in [0, 0.1) is 6.92 Å². The van der Waals surface area contributed by atoms with Crippen molar-refractivity contribution in [3.63, 3.8) is 0 Å². The van der Waals surface area contributed by atoms with Crippen molar-refractivity contribution in [1.82, 2.24) is 14.8 Å². The van der Waals surface area contributed by atoms with Crippen LogP contribution in [-0.2, 0) is 11.8 Å². The Morgan fingerprint density at radius 1 is 1.36 bits per heavy atom. The van der Waals surface area contributed by atoms with Gasteiger partial charge in [-0.25, -0.2) is 0 Å². The minimum Gasteiger partial charge on any atom is -0.368 e. The molecule has 0 saturated heterocycles. The SMILES string of the molecule is Cc1cc(Br)ccc1[C@@H]1SC[C@@H](C(N)=O)Nc2c1c(-c1ccccn1)nn2C. The molecular formula is C20H20BrN5OS. The maximum atomic E-state index is 12.0. The third kappa shape index (κ3) is 3.42. The molecule has 8 heteroatoms. The number of anilines is 1. The van der Waals surface area contributed by atoms with Crippen LogP contribution in [0.1, 0.15) is 21.9 Å². The number of nitrogens with zero attached hydrogens (tertiary/aromatic N) is 3. The molecule has 0 saturated carbocycles. The summed E-state index contributed by atoms with van der Waals surface area (Å²) in [5, 5.41) is 8.06. The number of aromatic nitrogens is 3. The molecule has 144 valence electrons. The van der Waals surface area contributed by atoms with Crippen molar-refractivity contribution in [2.24, 2.45) is 12.8 Å². The van der Waals surface area contributed by atoms with Crippen molar-refractivity contribution in [3.8, 4) is 11.4 Å². The zero-order chi connectivity index (χ0) is 19.8. The van der Waals surface area contributed by atoms with Crippen LogP contribution < -0.4 is 11.1 Å². The summed E-state index contributed by atoms with van der Waals surface area (Å²) in [7, 11) is 1.87. The van der Waals surface area contributed by atoms with Gasteiger partial charge in [-0.1, -0.05) is 28.1 Å². The number of primary amides is 1. The summed E-state index contributed by atoms with van der Waals surface area (Å²) in [4.78, 5) is 16.5. The number of hydrogen-bond acceptors (Lipinski definition) is 5. The quantitative estimate of drug-likeness (QED) is 0.626. The molecule has 4 rings (SSSR count). The van der Waals surface area contributed by atoms with E-state index in [1.54, 1.807) is 22.6 Å². The highest BCUT2D eigenvalue weighted by Crippen LogP contribution is 2.47. The third-order valence-corrected chi connectivity index (χ3v) is 6.69. The fourth-order valence-electron chi connectivity index (χ4n) is 3.47. The summed E-state index contributed by atoms with van der Waals surface area (Å²) >= 11 is 5.24. The topological polar surface area (TPSA) is 85.8 Å². The Labute approximate surface area is 176 Å². The molecule has 1 amide bonds. The Kier molecular flexibility index (Phi) is 5.16. The number of thioether (sulfide) groups is 1. The number of carbonyl (C=O) groups excluding carboxylic acids is 1. The molecule has 0 bridgehead atoms. The smallest absolute Gasteiger partial charge is 0.240 e. The molecule has 2 aromatic heterocycles. The maximum absolute atomic E-state index is 12.0. The van der Waals surface area contributed by atoms with Crippen LogP contribution in [0.4, 0.5) is 5.82 Å². The highest BCUT2D eigenvalue weighted by molar-refractivity contribution is 9.10. The number of rotatable bonds is 3. The minimum absolute atomic E-state index is 0.00524. The summed E-state index contributed by atoms with van der Waals surface area (Å²) in [6.45, 7) is 2.10. The van der Waals surface area contributed by atoms with E-state index in [9.17, 15) is 4.79 Å². The second kappa shape index (κ2) is 7.60. The van der Waals surface area contributed by atoms with Crippen LogP contribution >= 0.6 is 27.7 Å². The van der Waals surface area contributed by atoms with E-state index < -0.39 is 6.04 Å². The van der Waals surface area contributed by atoms with Crippen LogP contribution in [0.5, 0.6) is 0 Å². The third-order valence-electron chi connectivity index (χ3n) is 4.85. The lowest BCUT2D eigenvalue weighted by Gasteiger charge is -2.19. The highest BCUT2D eigenvalue weighted by atomic mass is 79.9. The van der Waals surface area contributed by atoms with Gasteiger partial charge in [0.1, 0.15) is 17.6 Å². The van der Waals surface area contributed by atoms with Crippen LogP contribution in [0.2, 0.25) is 0 Å². The molecule has 1 aromatic carbocycles. The molecule has 1 aliphatic rings. The van der Waals surface area contributed by atoms with E-state index in [1.165, 1.54) is 11.1 Å². The van der Waals surface area contributed by atoms with Gasteiger partial charge in [-0.15, -0.1) is 11.8 Å². The number of fused-ring (bicyclic) bond motifs is 1. The first kappa shape index (κ1) is 19.0. The van der Waals surface area contributed by atoms with E-state index in [0.29, 0.717) is 5.75 Å². The number of pyridine rings is 1. The van der Waals surface area contributed by atoms with Crippen LogP contribution in [0.25, 0.3) is 11.4 Å². The summed E-state index contributed by atoms with van der Waals surface area (Å²) in [6.07, 6.45) is 1.76. The molecule has 3 N–H and O–H groups in total. The lowest BCUT2D eigenvalue weighted by atomic mass is 9.98. The largest absolute Gasteiger partial charge is 0.368 e. The monoisotopic (exact) mass is 457 g/mol. The van der Waals surface area contributed by atoms with Gasteiger partial charge in [-0.05, 0) is 42.3 Å². The molecule has 28 heavy (non-hydrogen) atoms. The number of halogens is 1. The first-order chi connectivity index (χ1) is 13.5. The van der Waals surface area contributed by atoms with Gasteiger partial charge in [-0.2, -0.15) is 5.10 Å². The molecule has 3 aromatic rings. The number of benzene rings is 1. The van der Waals surface area contributed by atoms with E-state index in [0.717, 1.165) is 27.2 Å². The predicted molar refractivity (Wildman–Crippen MR) is 116 cm³/mol. The van der Waals surface area contributed by atoms with E-state index in [-0.39, 0.29) is 11.2 Å². The lowest BCUT2D eigenvalue weighted by Crippen LogP contribution is -2.37. The molecule has 3 heterocycles. The number of nitrogens with one attached hydrogen (secondary N) is 1. The molecular weight excluding hydrogens is 438 g/mol. The first-order valence-corrected chi connectivity index (χ1v) is 10.7. The zero-order valence-electron chi connectivity index (χ0n) is 15.5.